The van der Waals surface area contributed by atoms with Gasteiger partial charge in [-0.1, -0.05) is 24.3 Å². The van der Waals surface area contributed by atoms with Gasteiger partial charge in [0.05, 0.1) is 21.9 Å². The van der Waals surface area contributed by atoms with E-state index in [0.29, 0.717) is 23.6 Å². The smallest absolute Gasteiger partial charge is 0.258 e. The molecule has 6 rings (SSSR count). The molecule has 1 saturated heterocycles. The van der Waals surface area contributed by atoms with Crippen molar-refractivity contribution >= 4 is 33.1 Å². The number of nitrogens with one attached hydrogen (secondary N) is 1. The van der Waals surface area contributed by atoms with Crippen LogP contribution in [0.5, 0.6) is 0 Å². The van der Waals surface area contributed by atoms with E-state index in [1.807, 2.05) is 59.5 Å². The molecule has 31 heavy (non-hydrogen) atoms. The van der Waals surface area contributed by atoms with E-state index >= 15 is 0 Å². The van der Waals surface area contributed by atoms with E-state index in [9.17, 15) is 4.79 Å². The number of nitrogens with zero attached hydrogens (tertiary/aromatic N) is 2. The zero-order chi connectivity index (χ0) is 20.8. The lowest BCUT2D eigenvalue weighted by atomic mass is 10.1. The molecule has 0 saturated carbocycles. The largest absolute Gasteiger partial charge is 0.454 e. The fourth-order valence-electron chi connectivity index (χ4n) is 4.31. The van der Waals surface area contributed by atoms with Crippen molar-refractivity contribution in [1.29, 1.82) is 0 Å². The van der Waals surface area contributed by atoms with Gasteiger partial charge in [0.15, 0.2) is 16.9 Å². The van der Waals surface area contributed by atoms with Gasteiger partial charge >= 0.3 is 0 Å². The van der Waals surface area contributed by atoms with Gasteiger partial charge in [-0.3, -0.25) is 4.79 Å². The molecule has 2 atom stereocenters. The monoisotopic (exact) mass is 431 g/mol. The fourth-order valence-corrected chi connectivity index (χ4v) is 5.23. The molecular weight excluding hydrogens is 410 g/mol. The molecule has 4 heterocycles. The highest BCUT2D eigenvalue weighted by Gasteiger charge is 2.36. The number of benzene rings is 2. The van der Waals surface area contributed by atoms with Crippen LogP contribution in [0.4, 0.5) is 5.69 Å². The minimum Gasteiger partial charge on any atom is -0.454 e. The molecule has 1 N–H and O–H groups in total. The minimum atomic E-state index is -0.394. The lowest BCUT2D eigenvalue weighted by Gasteiger charge is -2.37. The van der Waals surface area contributed by atoms with Crippen LogP contribution in [-0.4, -0.2) is 35.0 Å². The molecule has 2 aromatic heterocycles. The number of carbonyl (C=O) groups excluding carboxylic acids is 1. The van der Waals surface area contributed by atoms with Gasteiger partial charge in [0, 0.05) is 18.8 Å². The Labute approximate surface area is 183 Å². The van der Waals surface area contributed by atoms with Crippen LogP contribution < -0.4 is 5.32 Å². The minimum absolute atomic E-state index is 0.00668. The molecule has 7 heteroatoms. The van der Waals surface area contributed by atoms with E-state index in [1.165, 1.54) is 0 Å². The summed E-state index contributed by atoms with van der Waals surface area (Å²) in [6, 6.07) is 19.5. The van der Waals surface area contributed by atoms with E-state index in [2.05, 4.69) is 11.4 Å². The Balaban J connectivity index is 1.36. The number of aromatic nitrogens is 1. The van der Waals surface area contributed by atoms with Crippen molar-refractivity contribution in [2.45, 2.75) is 25.1 Å². The number of anilines is 1. The maximum Gasteiger partial charge on any atom is 0.258 e. The van der Waals surface area contributed by atoms with Gasteiger partial charge in [-0.25, -0.2) is 4.98 Å². The summed E-state index contributed by atoms with van der Waals surface area (Å²) in [5, 5.41) is 4.33. The zero-order valence-electron chi connectivity index (χ0n) is 16.8. The number of furan rings is 1. The normalized spacial score (nSPS) is 20.8. The van der Waals surface area contributed by atoms with Gasteiger partial charge in [-0.05, 0) is 49.2 Å². The molecule has 1 amide bonds. The van der Waals surface area contributed by atoms with E-state index in [0.717, 1.165) is 40.4 Å². The van der Waals surface area contributed by atoms with Crippen molar-refractivity contribution in [2.75, 3.05) is 18.5 Å². The summed E-state index contributed by atoms with van der Waals surface area (Å²) in [5.74, 6) is 1.39. The average Bonchev–Trinajstić information content (AvgIpc) is 3.56. The predicted octanol–water partition coefficient (Wildman–Crippen LogP) is 5.30. The Bertz CT molecular complexity index is 1220. The van der Waals surface area contributed by atoms with E-state index in [1.54, 1.807) is 11.3 Å². The summed E-state index contributed by atoms with van der Waals surface area (Å²) in [4.78, 5) is 19.9. The molecule has 0 unspecified atom stereocenters. The average molecular weight is 432 g/mol. The maximum atomic E-state index is 13.4. The summed E-state index contributed by atoms with van der Waals surface area (Å²) in [7, 11) is 0. The third kappa shape index (κ3) is 3.30. The van der Waals surface area contributed by atoms with E-state index < -0.39 is 6.17 Å². The summed E-state index contributed by atoms with van der Waals surface area (Å²) >= 11 is 1.60. The lowest BCUT2D eigenvalue weighted by Crippen LogP contribution is -2.46. The number of ether oxygens (including phenoxy) is 1. The first-order chi connectivity index (χ1) is 15.3. The molecule has 4 aromatic rings. The quantitative estimate of drug-likeness (QED) is 0.475. The number of carbonyl (C=O) groups is 1. The number of para-hydroxylation sites is 2. The summed E-state index contributed by atoms with van der Waals surface area (Å²) in [5.41, 5.74) is 2.45. The second kappa shape index (κ2) is 7.51. The lowest BCUT2D eigenvalue weighted by molar-refractivity contribution is 0.0403. The molecule has 2 aromatic carbocycles. The van der Waals surface area contributed by atoms with Crippen molar-refractivity contribution in [3.05, 3.63) is 72.0 Å². The van der Waals surface area contributed by atoms with Gasteiger partial charge in [-0.2, -0.15) is 0 Å². The van der Waals surface area contributed by atoms with Crippen molar-refractivity contribution in [3.63, 3.8) is 0 Å². The number of rotatable bonds is 4. The first kappa shape index (κ1) is 18.6. The van der Waals surface area contributed by atoms with Crippen molar-refractivity contribution in [1.82, 2.24) is 9.88 Å². The van der Waals surface area contributed by atoms with E-state index in [-0.39, 0.29) is 12.0 Å². The third-order valence-electron chi connectivity index (χ3n) is 5.85. The molecule has 156 valence electrons. The standard InChI is InChI=1S/C24H21N3O3S/c28-24-16-7-1-2-8-17(16)25-22(27(24)14-15-6-5-13-29-15)19-11-12-20(30-19)23-26-18-9-3-4-10-21(18)31-23/h1-4,7-12,15,22,25H,5-6,13-14H2/t15-,22+/m1/s1. The number of hydrogen-bond donors (Lipinski definition) is 1. The van der Waals surface area contributed by atoms with Crippen LogP contribution in [0.25, 0.3) is 21.0 Å². The third-order valence-corrected chi connectivity index (χ3v) is 6.90. The van der Waals surface area contributed by atoms with Crippen LogP contribution in [-0.2, 0) is 4.74 Å². The number of fused-ring (bicyclic) bond motifs is 2. The highest BCUT2D eigenvalue weighted by Crippen LogP contribution is 2.37. The Morgan fingerprint density at radius 3 is 2.84 bits per heavy atom. The van der Waals surface area contributed by atoms with Crippen molar-refractivity contribution in [2.24, 2.45) is 0 Å². The maximum absolute atomic E-state index is 13.4. The topological polar surface area (TPSA) is 67.6 Å². The second-order valence-electron chi connectivity index (χ2n) is 7.87. The molecule has 2 aliphatic heterocycles. The Morgan fingerprint density at radius 2 is 1.97 bits per heavy atom. The highest BCUT2D eigenvalue weighted by atomic mass is 32.1. The molecular formula is C24H21N3O3S. The second-order valence-corrected chi connectivity index (χ2v) is 8.90. The van der Waals surface area contributed by atoms with Crippen LogP contribution in [0.2, 0.25) is 0 Å². The highest BCUT2D eigenvalue weighted by molar-refractivity contribution is 7.21. The molecule has 2 aliphatic rings. The molecule has 0 aliphatic carbocycles. The first-order valence-electron chi connectivity index (χ1n) is 10.5. The molecule has 0 spiro atoms. The van der Waals surface area contributed by atoms with Gasteiger partial charge in [0.1, 0.15) is 5.76 Å². The molecule has 0 bridgehead atoms. The van der Waals surface area contributed by atoms with Gasteiger partial charge < -0.3 is 19.4 Å². The SMILES string of the molecule is O=C1c2ccccc2N[C@H](c2ccc(-c3nc4ccccc4s3)o2)N1C[C@H]1CCCO1. The van der Waals surface area contributed by atoms with Crippen LogP contribution in [0.1, 0.15) is 35.1 Å². The predicted molar refractivity (Wildman–Crippen MR) is 120 cm³/mol. The first-order valence-corrected chi connectivity index (χ1v) is 11.3. The summed E-state index contributed by atoms with van der Waals surface area (Å²) < 4.78 is 13.2. The zero-order valence-corrected chi connectivity index (χ0v) is 17.6. The van der Waals surface area contributed by atoms with Crippen LogP contribution in [0.3, 0.4) is 0 Å². The molecule has 1 fully saturated rings. The molecule has 0 radical (unpaired) electrons. The Hall–Kier alpha value is -3.16. The van der Waals surface area contributed by atoms with Crippen molar-refractivity contribution in [3.8, 4) is 10.8 Å². The van der Waals surface area contributed by atoms with Crippen molar-refractivity contribution < 1.29 is 13.9 Å². The Kier molecular flexibility index (Phi) is 4.51. The van der Waals surface area contributed by atoms with Crippen LogP contribution in [0, 0.1) is 0 Å². The van der Waals surface area contributed by atoms with Crippen LogP contribution >= 0.6 is 11.3 Å². The number of thiazole rings is 1. The van der Waals surface area contributed by atoms with E-state index in [4.69, 9.17) is 14.1 Å². The molecule has 6 nitrogen and oxygen atoms in total. The van der Waals surface area contributed by atoms with Gasteiger partial charge in [0.25, 0.3) is 5.91 Å². The summed E-state index contributed by atoms with van der Waals surface area (Å²) in [6.45, 7) is 1.28. The number of amides is 1. The number of hydrogen-bond acceptors (Lipinski definition) is 6. The van der Waals surface area contributed by atoms with Crippen LogP contribution in [0.15, 0.2) is 65.1 Å². The van der Waals surface area contributed by atoms with Gasteiger partial charge in [-0.15, -0.1) is 11.3 Å². The fraction of sp³-hybridized carbons (Fsp3) is 0.250. The van der Waals surface area contributed by atoms with Gasteiger partial charge in [0.2, 0.25) is 0 Å². The Morgan fingerprint density at radius 1 is 1.10 bits per heavy atom. The summed E-state index contributed by atoms with van der Waals surface area (Å²) in [6.07, 6.45) is 1.66.